The predicted octanol–water partition coefficient (Wildman–Crippen LogP) is -1.11. The highest BCUT2D eigenvalue weighted by Crippen LogP contribution is 2.01. The first-order valence-corrected chi connectivity index (χ1v) is 4.67. The van der Waals surface area contributed by atoms with Gasteiger partial charge in [-0.15, -0.1) is 0 Å². The molecular weight excluding hydrogens is 172 g/mol. The molecule has 0 aromatic rings. The molecule has 0 saturated carbocycles. The second-order valence-electron chi connectivity index (χ2n) is 3.31. The molecule has 2 heterocycles. The van der Waals surface area contributed by atoms with Crippen molar-refractivity contribution in [3.05, 3.63) is 0 Å². The van der Waals surface area contributed by atoms with Gasteiger partial charge in [0.2, 0.25) is 0 Å². The largest absolute Gasteiger partial charge is 0.376 e. The maximum Gasteiger partial charge on any atom is 0.0971 e. The van der Waals surface area contributed by atoms with Crippen molar-refractivity contribution in [2.75, 3.05) is 39.8 Å². The molecule has 2 aliphatic heterocycles. The van der Waals surface area contributed by atoms with Gasteiger partial charge in [-0.1, -0.05) is 0 Å². The van der Waals surface area contributed by atoms with Crippen molar-refractivity contribution in [3.63, 3.8) is 0 Å². The van der Waals surface area contributed by atoms with E-state index < -0.39 is 0 Å². The second kappa shape index (κ2) is 4.88. The van der Waals surface area contributed by atoms with Crippen LogP contribution in [0, 0.1) is 0 Å². The van der Waals surface area contributed by atoms with E-state index in [4.69, 9.17) is 14.2 Å². The lowest BCUT2D eigenvalue weighted by Crippen LogP contribution is -2.25. The average Bonchev–Trinajstić information content (AvgIpc) is 2.75. The van der Waals surface area contributed by atoms with Crippen LogP contribution in [0.3, 0.4) is 0 Å². The Morgan fingerprint density at radius 3 is 1.92 bits per heavy atom. The molecule has 0 aliphatic carbocycles. The number of nitrogens with one attached hydrogen (secondary N) is 2. The van der Waals surface area contributed by atoms with Crippen LogP contribution in [0.1, 0.15) is 0 Å². The lowest BCUT2D eigenvalue weighted by molar-refractivity contribution is -0.0197. The summed E-state index contributed by atoms with van der Waals surface area (Å²) in [5.74, 6) is 0. The first-order valence-electron chi connectivity index (χ1n) is 4.67. The SMILES string of the molecule is C1NCC(COCC2CNCO2)O1. The maximum absolute atomic E-state index is 5.47. The first kappa shape index (κ1) is 9.36. The minimum Gasteiger partial charge on any atom is -0.376 e. The Labute approximate surface area is 77.7 Å². The zero-order chi connectivity index (χ0) is 8.93. The molecule has 0 radical (unpaired) electrons. The molecule has 5 heteroatoms. The van der Waals surface area contributed by atoms with E-state index in [9.17, 15) is 0 Å². The second-order valence-corrected chi connectivity index (χ2v) is 3.31. The molecule has 0 aromatic heterocycles. The molecule has 0 spiro atoms. The average molecular weight is 188 g/mol. The topological polar surface area (TPSA) is 51.8 Å². The molecule has 0 bridgehead atoms. The fourth-order valence-electron chi connectivity index (χ4n) is 1.46. The van der Waals surface area contributed by atoms with Gasteiger partial charge in [-0.3, -0.25) is 10.6 Å². The van der Waals surface area contributed by atoms with Crippen LogP contribution >= 0.6 is 0 Å². The summed E-state index contributed by atoms with van der Waals surface area (Å²) in [5, 5.41) is 6.21. The van der Waals surface area contributed by atoms with Crippen molar-refractivity contribution in [1.29, 1.82) is 0 Å². The van der Waals surface area contributed by atoms with Crippen LogP contribution in [0.2, 0.25) is 0 Å². The summed E-state index contributed by atoms with van der Waals surface area (Å²) in [6.45, 7) is 4.40. The third-order valence-corrected chi connectivity index (χ3v) is 2.19. The van der Waals surface area contributed by atoms with Gasteiger partial charge in [-0.25, -0.2) is 0 Å². The number of hydrogen-bond donors (Lipinski definition) is 2. The zero-order valence-electron chi connectivity index (χ0n) is 7.62. The molecule has 5 nitrogen and oxygen atoms in total. The van der Waals surface area contributed by atoms with Crippen LogP contribution in [0.5, 0.6) is 0 Å². The Kier molecular flexibility index (Phi) is 3.51. The summed E-state index contributed by atoms with van der Waals surface area (Å²) in [6.07, 6.45) is 0.434. The van der Waals surface area contributed by atoms with Crippen molar-refractivity contribution < 1.29 is 14.2 Å². The molecule has 2 fully saturated rings. The van der Waals surface area contributed by atoms with Gasteiger partial charge in [0.25, 0.3) is 0 Å². The van der Waals surface area contributed by atoms with E-state index in [1.165, 1.54) is 0 Å². The lowest BCUT2D eigenvalue weighted by Gasteiger charge is -2.12. The van der Waals surface area contributed by atoms with E-state index >= 15 is 0 Å². The highest BCUT2D eigenvalue weighted by atomic mass is 16.6. The summed E-state index contributed by atoms with van der Waals surface area (Å²) in [5.41, 5.74) is 0. The van der Waals surface area contributed by atoms with Gasteiger partial charge in [0.15, 0.2) is 0 Å². The highest BCUT2D eigenvalue weighted by molar-refractivity contribution is 4.68. The molecule has 0 aromatic carbocycles. The summed E-state index contributed by atoms with van der Waals surface area (Å²) in [4.78, 5) is 0. The van der Waals surface area contributed by atoms with Crippen molar-refractivity contribution in [2.24, 2.45) is 0 Å². The minimum atomic E-state index is 0.217. The standard InChI is InChI=1S/C8H16N2O3/c1-7(12-5-9-1)3-11-4-8-2-10-6-13-8/h7-10H,1-6H2. The van der Waals surface area contributed by atoms with Gasteiger partial charge < -0.3 is 14.2 Å². The van der Waals surface area contributed by atoms with Gasteiger partial charge in [-0.05, 0) is 0 Å². The first-order chi connectivity index (χ1) is 6.45. The summed E-state index contributed by atoms with van der Waals surface area (Å²) in [6, 6.07) is 0. The van der Waals surface area contributed by atoms with E-state index in [0.29, 0.717) is 26.7 Å². The van der Waals surface area contributed by atoms with E-state index in [-0.39, 0.29) is 12.2 Å². The van der Waals surface area contributed by atoms with E-state index in [0.717, 1.165) is 13.1 Å². The molecule has 2 aliphatic rings. The van der Waals surface area contributed by atoms with Crippen LogP contribution < -0.4 is 10.6 Å². The van der Waals surface area contributed by atoms with Gasteiger partial charge in [0.05, 0.1) is 38.9 Å². The molecule has 13 heavy (non-hydrogen) atoms. The van der Waals surface area contributed by atoms with Crippen LogP contribution in [-0.4, -0.2) is 52.0 Å². The van der Waals surface area contributed by atoms with Crippen molar-refractivity contribution in [2.45, 2.75) is 12.2 Å². The Balaban J connectivity index is 1.52. The Morgan fingerprint density at radius 2 is 1.54 bits per heavy atom. The van der Waals surface area contributed by atoms with Gasteiger partial charge in [0, 0.05) is 13.1 Å². The van der Waals surface area contributed by atoms with Crippen molar-refractivity contribution in [1.82, 2.24) is 10.6 Å². The molecule has 2 rings (SSSR count). The Bertz CT molecular complexity index is 128. The normalized spacial score (nSPS) is 34.2. The van der Waals surface area contributed by atoms with Crippen LogP contribution in [0.4, 0.5) is 0 Å². The van der Waals surface area contributed by atoms with E-state index in [2.05, 4.69) is 10.6 Å². The highest BCUT2D eigenvalue weighted by Gasteiger charge is 2.18. The third-order valence-electron chi connectivity index (χ3n) is 2.19. The third kappa shape index (κ3) is 2.89. The summed E-state index contributed by atoms with van der Waals surface area (Å²) >= 11 is 0. The zero-order valence-corrected chi connectivity index (χ0v) is 7.62. The summed E-state index contributed by atoms with van der Waals surface area (Å²) in [7, 11) is 0. The smallest absolute Gasteiger partial charge is 0.0971 e. The molecular formula is C8H16N2O3. The Hall–Kier alpha value is -0.200. The monoisotopic (exact) mass is 188 g/mol. The van der Waals surface area contributed by atoms with Crippen LogP contribution in [0.15, 0.2) is 0 Å². The molecule has 2 unspecified atom stereocenters. The maximum atomic E-state index is 5.47. The minimum absolute atomic E-state index is 0.217. The van der Waals surface area contributed by atoms with Crippen LogP contribution in [0.25, 0.3) is 0 Å². The fourth-order valence-corrected chi connectivity index (χ4v) is 1.46. The molecule has 0 amide bonds. The fraction of sp³-hybridized carbons (Fsp3) is 1.00. The number of rotatable bonds is 4. The van der Waals surface area contributed by atoms with Gasteiger partial charge in [-0.2, -0.15) is 0 Å². The summed E-state index contributed by atoms with van der Waals surface area (Å²) < 4.78 is 16.1. The quantitative estimate of drug-likeness (QED) is 0.586. The molecule has 2 saturated heterocycles. The molecule has 2 atom stereocenters. The van der Waals surface area contributed by atoms with Gasteiger partial charge in [0.1, 0.15) is 0 Å². The van der Waals surface area contributed by atoms with Crippen molar-refractivity contribution >= 4 is 0 Å². The van der Waals surface area contributed by atoms with Gasteiger partial charge >= 0.3 is 0 Å². The molecule has 2 N–H and O–H groups in total. The predicted molar refractivity (Wildman–Crippen MR) is 46.3 cm³/mol. The molecule has 76 valence electrons. The number of ether oxygens (including phenoxy) is 3. The van der Waals surface area contributed by atoms with E-state index in [1.54, 1.807) is 0 Å². The van der Waals surface area contributed by atoms with Crippen molar-refractivity contribution in [3.8, 4) is 0 Å². The number of hydrogen-bond acceptors (Lipinski definition) is 5. The van der Waals surface area contributed by atoms with E-state index in [1.807, 2.05) is 0 Å². The Morgan fingerprint density at radius 1 is 1.00 bits per heavy atom. The lowest BCUT2D eigenvalue weighted by atomic mass is 10.3. The van der Waals surface area contributed by atoms with Crippen LogP contribution in [-0.2, 0) is 14.2 Å².